The maximum Gasteiger partial charge on any atom is 0.275 e. The van der Waals surface area contributed by atoms with E-state index in [4.69, 9.17) is 11.6 Å². The van der Waals surface area contributed by atoms with Crippen molar-refractivity contribution < 1.29 is 14.7 Å². The van der Waals surface area contributed by atoms with Crippen molar-refractivity contribution in [2.75, 3.05) is 5.32 Å². The molecular weight excluding hydrogens is 330 g/mol. The Balaban J connectivity index is 1.90. The summed E-state index contributed by atoms with van der Waals surface area (Å²) in [5.74, 6) is -0.973. The Morgan fingerprint density at radius 1 is 1.17 bits per heavy atom. The molecule has 0 aliphatic carbocycles. The molecule has 0 aliphatic rings. The fraction of sp³-hybridized carbons (Fsp3) is 0.118. The van der Waals surface area contributed by atoms with Gasteiger partial charge in [-0.05, 0) is 37.3 Å². The number of hydrogen-bond acceptors (Lipinski definition) is 4. The molecule has 0 bridgehead atoms. The largest absolute Gasteiger partial charge is 0.507 e. The summed E-state index contributed by atoms with van der Waals surface area (Å²) in [5.41, 5.74) is 3.41. The molecule has 24 heavy (non-hydrogen) atoms. The molecule has 2 aromatic carbocycles. The minimum atomic E-state index is -0.553. The molecule has 124 valence electrons. The summed E-state index contributed by atoms with van der Waals surface area (Å²) in [7, 11) is 0. The third kappa shape index (κ3) is 5.10. The van der Waals surface area contributed by atoms with Gasteiger partial charge in [0.1, 0.15) is 5.75 Å². The zero-order chi connectivity index (χ0) is 17.5. The highest BCUT2D eigenvalue weighted by atomic mass is 35.5. The van der Waals surface area contributed by atoms with Crippen molar-refractivity contribution in [2.45, 2.75) is 13.3 Å². The monoisotopic (exact) mass is 345 g/mol. The first-order valence-corrected chi connectivity index (χ1v) is 7.50. The molecule has 0 aromatic heterocycles. The van der Waals surface area contributed by atoms with Crippen LogP contribution in [0.1, 0.15) is 23.7 Å². The SMILES string of the molecule is C/C(CC(=O)Nc1cccc(Cl)c1)=N/NC(=O)c1ccccc1O. The molecule has 2 aromatic rings. The van der Waals surface area contributed by atoms with Gasteiger partial charge in [0.25, 0.3) is 5.91 Å². The van der Waals surface area contributed by atoms with E-state index in [1.54, 1.807) is 43.3 Å². The predicted octanol–water partition coefficient (Wildman–Crippen LogP) is 3.18. The van der Waals surface area contributed by atoms with Crippen molar-refractivity contribution in [3.05, 3.63) is 59.1 Å². The van der Waals surface area contributed by atoms with E-state index in [2.05, 4.69) is 15.8 Å². The Morgan fingerprint density at radius 3 is 2.62 bits per heavy atom. The van der Waals surface area contributed by atoms with Gasteiger partial charge in [-0.2, -0.15) is 5.10 Å². The predicted molar refractivity (Wildman–Crippen MR) is 93.4 cm³/mol. The van der Waals surface area contributed by atoms with Gasteiger partial charge in [0.2, 0.25) is 5.91 Å². The number of aromatic hydroxyl groups is 1. The first kappa shape index (κ1) is 17.5. The van der Waals surface area contributed by atoms with Crippen LogP contribution >= 0.6 is 11.6 Å². The van der Waals surface area contributed by atoms with Crippen molar-refractivity contribution in [2.24, 2.45) is 5.10 Å². The van der Waals surface area contributed by atoms with E-state index in [1.165, 1.54) is 12.1 Å². The van der Waals surface area contributed by atoms with Gasteiger partial charge >= 0.3 is 0 Å². The van der Waals surface area contributed by atoms with Crippen molar-refractivity contribution in [3.8, 4) is 5.75 Å². The van der Waals surface area contributed by atoms with Crippen LogP contribution in [0.2, 0.25) is 5.02 Å². The van der Waals surface area contributed by atoms with E-state index in [0.717, 1.165) is 0 Å². The third-order valence-electron chi connectivity index (χ3n) is 3.02. The van der Waals surface area contributed by atoms with Gasteiger partial charge in [0.15, 0.2) is 0 Å². The molecule has 2 amide bonds. The second kappa shape index (κ2) is 8.12. The zero-order valence-corrected chi connectivity index (χ0v) is 13.7. The van der Waals surface area contributed by atoms with Crippen molar-refractivity contribution >= 4 is 34.8 Å². The quantitative estimate of drug-likeness (QED) is 0.574. The maximum atomic E-state index is 11.9. The van der Waals surface area contributed by atoms with Gasteiger partial charge in [-0.25, -0.2) is 5.43 Å². The normalized spacial score (nSPS) is 11.0. The number of carbonyl (C=O) groups is 2. The first-order valence-electron chi connectivity index (χ1n) is 7.12. The molecule has 0 atom stereocenters. The molecule has 0 heterocycles. The number of hydrazone groups is 1. The number of benzene rings is 2. The van der Waals surface area contributed by atoms with Crippen molar-refractivity contribution in [1.82, 2.24) is 5.43 Å². The third-order valence-corrected chi connectivity index (χ3v) is 3.26. The Bertz CT molecular complexity index is 790. The minimum Gasteiger partial charge on any atom is -0.507 e. The fourth-order valence-corrected chi connectivity index (χ4v) is 2.11. The van der Waals surface area contributed by atoms with E-state index >= 15 is 0 Å². The molecule has 0 saturated carbocycles. The summed E-state index contributed by atoms with van der Waals surface area (Å²) in [6.07, 6.45) is 0.00751. The zero-order valence-electron chi connectivity index (χ0n) is 12.9. The molecule has 0 saturated heterocycles. The number of carbonyl (C=O) groups excluding carboxylic acids is 2. The molecule has 3 N–H and O–H groups in total. The number of para-hydroxylation sites is 1. The Morgan fingerprint density at radius 2 is 1.92 bits per heavy atom. The van der Waals surface area contributed by atoms with Crippen LogP contribution in [-0.2, 0) is 4.79 Å². The molecule has 0 unspecified atom stereocenters. The first-order chi connectivity index (χ1) is 11.5. The summed E-state index contributed by atoms with van der Waals surface area (Å²) >= 11 is 5.85. The van der Waals surface area contributed by atoms with E-state index in [1.807, 2.05) is 0 Å². The number of anilines is 1. The van der Waals surface area contributed by atoms with E-state index in [0.29, 0.717) is 16.4 Å². The van der Waals surface area contributed by atoms with Gasteiger partial charge in [-0.1, -0.05) is 29.8 Å². The topological polar surface area (TPSA) is 90.8 Å². The second-order valence-electron chi connectivity index (χ2n) is 5.04. The number of phenols is 1. The Kier molecular flexibility index (Phi) is 5.92. The molecule has 7 heteroatoms. The van der Waals surface area contributed by atoms with Crippen LogP contribution in [0.25, 0.3) is 0 Å². The molecular formula is C17H16ClN3O3. The lowest BCUT2D eigenvalue weighted by atomic mass is 10.2. The summed E-state index contributed by atoms with van der Waals surface area (Å²) in [6, 6.07) is 12.9. The second-order valence-corrected chi connectivity index (χ2v) is 5.48. The van der Waals surface area contributed by atoms with Crippen LogP contribution in [0.5, 0.6) is 5.75 Å². The smallest absolute Gasteiger partial charge is 0.275 e. The van der Waals surface area contributed by atoms with E-state index in [9.17, 15) is 14.7 Å². The molecule has 2 rings (SSSR count). The minimum absolute atomic E-state index is 0.00751. The van der Waals surface area contributed by atoms with Crippen LogP contribution in [0.4, 0.5) is 5.69 Å². The molecule has 0 radical (unpaired) electrons. The van der Waals surface area contributed by atoms with Crippen LogP contribution in [0.15, 0.2) is 53.6 Å². The van der Waals surface area contributed by atoms with Crippen LogP contribution in [0, 0.1) is 0 Å². The summed E-state index contributed by atoms with van der Waals surface area (Å²) in [6.45, 7) is 1.61. The summed E-state index contributed by atoms with van der Waals surface area (Å²) in [4.78, 5) is 23.8. The molecule has 0 fully saturated rings. The van der Waals surface area contributed by atoms with Gasteiger partial charge in [0, 0.05) is 16.4 Å². The average molecular weight is 346 g/mol. The van der Waals surface area contributed by atoms with Gasteiger partial charge < -0.3 is 10.4 Å². The van der Waals surface area contributed by atoms with Gasteiger partial charge in [-0.15, -0.1) is 0 Å². The van der Waals surface area contributed by atoms with Crippen LogP contribution in [0.3, 0.4) is 0 Å². The highest BCUT2D eigenvalue weighted by Gasteiger charge is 2.10. The average Bonchev–Trinajstić information content (AvgIpc) is 2.53. The van der Waals surface area contributed by atoms with E-state index < -0.39 is 5.91 Å². The Labute approximate surface area is 144 Å². The molecule has 0 spiro atoms. The van der Waals surface area contributed by atoms with Crippen LogP contribution < -0.4 is 10.7 Å². The van der Waals surface area contributed by atoms with Crippen LogP contribution in [-0.4, -0.2) is 22.6 Å². The molecule has 0 aliphatic heterocycles. The summed E-state index contributed by atoms with van der Waals surface area (Å²) in [5, 5.41) is 16.7. The number of rotatable bonds is 5. The number of nitrogens with zero attached hydrogens (tertiary/aromatic N) is 1. The maximum absolute atomic E-state index is 11.9. The number of halogens is 1. The summed E-state index contributed by atoms with van der Waals surface area (Å²) < 4.78 is 0. The van der Waals surface area contributed by atoms with Gasteiger partial charge in [-0.3, -0.25) is 9.59 Å². The van der Waals surface area contributed by atoms with Gasteiger partial charge in [0.05, 0.1) is 12.0 Å². The Hall–Kier alpha value is -2.86. The van der Waals surface area contributed by atoms with Crippen molar-refractivity contribution in [3.63, 3.8) is 0 Å². The standard InChI is InChI=1S/C17H16ClN3O3/c1-11(9-16(23)19-13-6-4-5-12(18)10-13)20-21-17(24)14-7-2-3-8-15(14)22/h2-8,10,22H,9H2,1H3,(H,19,23)(H,21,24)/b20-11-. The lowest BCUT2D eigenvalue weighted by molar-refractivity contribution is -0.115. The number of phenolic OH excluding ortho intramolecular Hbond substituents is 1. The molecule has 6 nitrogen and oxygen atoms in total. The lowest BCUT2D eigenvalue weighted by Gasteiger charge is -2.06. The fourth-order valence-electron chi connectivity index (χ4n) is 1.92. The number of nitrogens with one attached hydrogen (secondary N) is 2. The highest BCUT2D eigenvalue weighted by molar-refractivity contribution is 6.30. The highest BCUT2D eigenvalue weighted by Crippen LogP contribution is 2.16. The number of amides is 2. The van der Waals surface area contributed by atoms with Crippen molar-refractivity contribution in [1.29, 1.82) is 0 Å². The lowest BCUT2D eigenvalue weighted by Crippen LogP contribution is -2.21. The number of hydrogen-bond donors (Lipinski definition) is 3. The van der Waals surface area contributed by atoms with E-state index in [-0.39, 0.29) is 23.6 Å².